The van der Waals surface area contributed by atoms with Crippen molar-refractivity contribution in [3.8, 4) is 0 Å². The van der Waals surface area contributed by atoms with E-state index in [1.807, 2.05) is 0 Å². The lowest BCUT2D eigenvalue weighted by molar-refractivity contribution is 0.241. The van der Waals surface area contributed by atoms with E-state index in [0.717, 1.165) is 66.0 Å². The standard InChI is InChI=1S/C19H21BrN4O/c1-2-3-18-22-17-11-24(7-6-15(17)19(25)23-18)10-12-9-21-16-8-13(20)4-5-14(12)16/h4-5,8-9,21H,2-3,6-7,10-11H2,1H3,(H,22,23,25). The number of aromatic nitrogens is 3. The summed E-state index contributed by atoms with van der Waals surface area (Å²) in [5.41, 5.74) is 4.27. The minimum Gasteiger partial charge on any atom is -0.361 e. The number of fused-ring (bicyclic) bond motifs is 2. The summed E-state index contributed by atoms with van der Waals surface area (Å²) in [5, 5.41) is 1.25. The van der Waals surface area contributed by atoms with Gasteiger partial charge in [0, 0.05) is 53.2 Å². The van der Waals surface area contributed by atoms with Crippen molar-refractivity contribution in [2.75, 3.05) is 6.54 Å². The molecule has 1 aliphatic rings. The van der Waals surface area contributed by atoms with E-state index in [1.54, 1.807) is 0 Å². The van der Waals surface area contributed by atoms with Gasteiger partial charge in [0.2, 0.25) is 0 Å². The van der Waals surface area contributed by atoms with Crippen LogP contribution < -0.4 is 5.56 Å². The number of hydrogen-bond acceptors (Lipinski definition) is 3. The van der Waals surface area contributed by atoms with E-state index in [1.165, 1.54) is 10.9 Å². The molecule has 0 radical (unpaired) electrons. The molecule has 25 heavy (non-hydrogen) atoms. The molecule has 0 saturated heterocycles. The lowest BCUT2D eigenvalue weighted by atomic mass is 10.1. The van der Waals surface area contributed by atoms with Crippen molar-refractivity contribution in [3.05, 3.63) is 61.9 Å². The number of rotatable bonds is 4. The summed E-state index contributed by atoms with van der Waals surface area (Å²) in [4.78, 5) is 25.6. The Balaban J connectivity index is 1.58. The molecule has 0 atom stereocenters. The molecule has 5 nitrogen and oxygen atoms in total. The first kappa shape index (κ1) is 16.5. The third-order valence-corrected chi connectivity index (χ3v) is 5.31. The van der Waals surface area contributed by atoms with Gasteiger partial charge in [0.1, 0.15) is 5.82 Å². The lowest BCUT2D eigenvalue weighted by Crippen LogP contribution is -2.35. The van der Waals surface area contributed by atoms with E-state index in [4.69, 9.17) is 4.98 Å². The van der Waals surface area contributed by atoms with Crippen molar-refractivity contribution < 1.29 is 0 Å². The molecule has 0 saturated carbocycles. The topological polar surface area (TPSA) is 64.8 Å². The van der Waals surface area contributed by atoms with Gasteiger partial charge in [-0.05, 0) is 30.5 Å². The second kappa shape index (κ2) is 6.77. The van der Waals surface area contributed by atoms with Crippen molar-refractivity contribution in [3.63, 3.8) is 0 Å². The van der Waals surface area contributed by atoms with Gasteiger partial charge in [-0.15, -0.1) is 0 Å². The Hall–Kier alpha value is -1.92. The second-order valence-corrected chi connectivity index (χ2v) is 7.57. The van der Waals surface area contributed by atoms with Gasteiger partial charge < -0.3 is 9.97 Å². The van der Waals surface area contributed by atoms with Crippen LogP contribution in [0.4, 0.5) is 0 Å². The number of nitrogens with zero attached hydrogens (tertiary/aromatic N) is 2. The number of hydrogen-bond donors (Lipinski definition) is 2. The predicted octanol–water partition coefficient (Wildman–Crippen LogP) is 3.52. The average molecular weight is 401 g/mol. The van der Waals surface area contributed by atoms with E-state index in [0.29, 0.717) is 0 Å². The van der Waals surface area contributed by atoms with E-state index in [9.17, 15) is 4.79 Å². The lowest BCUT2D eigenvalue weighted by Gasteiger charge is -2.27. The molecule has 0 amide bonds. The Labute approximate surface area is 154 Å². The first-order valence-corrected chi connectivity index (χ1v) is 9.52. The fourth-order valence-corrected chi connectivity index (χ4v) is 3.93. The summed E-state index contributed by atoms with van der Waals surface area (Å²) in [7, 11) is 0. The van der Waals surface area contributed by atoms with Crippen LogP contribution in [0.25, 0.3) is 10.9 Å². The highest BCUT2D eigenvalue weighted by molar-refractivity contribution is 9.10. The summed E-state index contributed by atoms with van der Waals surface area (Å²) < 4.78 is 1.08. The quantitative estimate of drug-likeness (QED) is 0.703. The van der Waals surface area contributed by atoms with Crippen molar-refractivity contribution in [2.24, 2.45) is 0 Å². The molecule has 2 aromatic heterocycles. The highest BCUT2D eigenvalue weighted by Gasteiger charge is 2.21. The zero-order valence-corrected chi connectivity index (χ0v) is 15.8. The molecule has 0 spiro atoms. The van der Waals surface area contributed by atoms with Crippen LogP contribution in [0.15, 0.2) is 33.7 Å². The van der Waals surface area contributed by atoms with E-state index in [2.05, 4.69) is 62.1 Å². The van der Waals surface area contributed by atoms with Crippen LogP contribution in [0.5, 0.6) is 0 Å². The second-order valence-electron chi connectivity index (χ2n) is 6.65. The summed E-state index contributed by atoms with van der Waals surface area (Å²) >= 11 is 3.51. The van der Waals surface area contributed by atoms with Gasteiger partial charge >= 0.3 is 0 Å². The van der Waals surface area contributed by atoms with Gasteiger partial charge in [-0.1, -0.05) is 28.9 Å². The van der Waals surface area contributed by atoms with Crippen molar-refractivity contribution in [1.82, 2.24) is 19.9 Å². The molecular weight excluding hydrogens is 380 g/mol. The Kier molecular flexibility index (Phi) is 4.48. The summed E-state index contributed by atoms with van der Waals surface area (Å²) in [6, 6.07) is 6.32. The predicted molar refractivity (Wildman–Crippen MR) is 103 cm³/mol. The van der Waals surface area contributed by atoms with Gasteiger partial charge in [-0.3, -0.25) is 9.69 Å². The molecule has 3 aromatic rings. The van der Waals surface area contributed by atoms with Crippen LogP contribution in [0.2, 0.25) is 0 Å². The molecule has 0 aliphatic carbocycles. The fraction of sp³-hybridized carbons (Fsp3) is 0.368. The van der Waals surface area contributed by atoms with E-state index < -0.39 is 0 Å². The molecular formula is C19H21BrN4O. The van der Waals surface area contributed by atoms with Gasteiger partial charge in [0.25, 0.3) is 5.56 Å². The SMILES string of the molecule is CCCc1nc2c(c(=O)[nH]1)CCN(Cc1c[nH]c3cc(Br)ccc13)C2. The van der Waals surface area contributed by atoms with Crippen LogP contribution in [-0.2, 0) is 25.9 Å². The van der Waals surface area contributed by atoms with E-state index >= 15 is 0 Å². The van der Waals surface area contributed by atoms with Gasteiger partial charge in [-0.2, -0.15) is 0 Å². The van der Waals surface area contributed by atoms with Gasteiger partial charge in [0.05, 0.1) is 5.69 Å². The Morgan fingerprint density at radius 2 is 2.24 bits per heavy atom. The molecule has 6 heteroatoms. The number of H-pyrrole nitrogens is 2. The number of benzene rings is 1. The van der Waals surface area contributed by atoms with Gasteiger partial charge in [-0.25, -0.2) is 4.98 Å². The fourth-order valence-electron chi connectivity index (χ4n) is 3.57. The third-order valence-electron chi connectivity index (χ3n) is 4.81. The van der Waals surface area contributed by atoms with Gasteiger partial charge in [0.15, 0.2) is 0 Å². The maximum Gasteiger partial charge on any atom is 0.254 e. The molecule has 3 heterocycles. The molecule has 0 fully saturated rings. The summed E-state index contributed by atoms with van der Waals surface area (Å²) in [6.07, 6.45) is 4.65. The Morgan fingerprint density at radius 1 is 1.36 bits per heavy atom. The average Bonchev–Trinajstić information content (AvgIpc) is 2.97. The van der Waals surface area contributed by atoms with Crippen LogP contribution >= 0.6 is 15.9 Å². The largest absolute Gasteiger partial charge is 0.361 e. The highest BCUT2D eigenvalue weighted by Crippen LogP contribution is 2.25. The number of nitrogens with one attached hydrogen (secondary N) is 2. The zero-order chi connectivity index (χ0) is 17.4. The number of aryl methyl sites for hydroxylation is 1. The molecule has 1 aliphatic heterocycles. The van der Waals surface area contributed by atoms with Crippen LogP contribution in [0.3, 0.4) is 0 Å². The molecule has 1 aromatic carbocycles. The van der Waals surface area contributed by atoms with Crippen LogP contribution in [0, 0.1) is 0 Å². The van der Waals surface area contributed by atoms with Crippen LogP contribution in [0.1, 0.15) is 36.0 Å². The first-order chi connectivity index (χ1) is 12.1. The monoisotopic (exact) mass is 400 g/mol. The number of aromatic amines is 2. The van der Waals surface area contributed by atoms with Crippen molar-refractivity contribution in [1.29, 1.82) is 0 Å². The number of halogens is 1. The van der Waals surface area contributed by atoms with E-state index in [-0.39, 0.29) is 5.56 Å². The minimum atomic E-state index is 0.0463. The van der Waals surface area contributed by atoms with Crippen molar-refractivity contribution in [2.45, 2.75) is 39.3 Å². The smallest absolute Gasteiger partial charge is 0.254 e. The zero-order valence-electron chi connectivity index (χ0n) is 14.2. The minimum absolute atomic E-state index is 0.0463. The maximum absolute atomic E-state index is 12.3. The van der Waals surface area contributed by atoms with Crippen molar-refractivity contribution >= 4 is 26.8 Å². The molecule has 4 rings (SSSR count). The third kappa shape index (κ3) is 3.28. The summed E-state index contributed by atoms with van der Waals surface area (Å²) in [6.45, 7) is 4.58. The Morgan fingerprint density at radius 3 is 3.08 bits per heavy atom. The molecule has 130 valence electrons. The maximum atomic E-state index is 12.3. The normalized spacial score (nSPS) is 14.8. The Bertz CT molecular complexity index is 975. The molecule has 0 unspecified atom stereocenters. The summed E-state index contributed by atoms with van der Waals surface area (Å²) in [5.74, 6) is 0.810. The highest BCUT2D eigenvalue weighted by atomic mass is 79.9. The van der Waals surface area contributed by atoms with Crippen LogP contribution in [-0.4, -0.2) is 26.4 Å². The molecule has 2 N–H and O–H groups in total. The molecule has 0 bridgehead atoms. The first-order valence-electron chi connectivity index (χ1n) is 8.73.